The van der Waals surface area contributed by atoms with Crippen LogP contribution in [0, 0.1) is 17.0 Å². The van der Waals surface area contributed by atoms with Crippen LogP contribution < -0.4 is 4.74 Å². The molecule has 0 atom stereocenters. The van der Waals surface area contributed by atoms with Gasteiger partial charge in [0.25, 0.3) is 5.69 Å². The van der Waals surface area contributed by atoms with E-state index in [9.17, 15) is 14.9 Å². The van der Waals surface area contributed by atoms with E-state index < -0.39 is 10.9 Å². The summed E-state index contributed by atoms with van der Waals surface area (Å²) in [6.45, 7) is 1.83. The van der Waals surface area contributed by atoms with Gasteiger partial charge in [-0.25, -0.2) is 9.78 Å². The van der Waals surface area contributed by atoms with Crippen LogP contribution in [0.1, 0.15) is 16.1 Å². The predicted octanol–water partition coefficient (Wildman–Crippen LogP) is 3.67. The third-order valence-electron chi connectivity index (χ3n) is 3.35. The molecule has 0 radical (unpaired) electrons. The third kappa shape index (κ3) is 2.87. The fourth-order valence-corrected chi connectivity index (χ4v) is 2.26. The topological polar surface area (TPSA) is 82.3 Å². The number of nitro groups is 1. The third-order valence-corrected chi connectivity index (χ3v) is 3.35. The molecule has 0 saturated heterocycles. The molecule has 1 heterocycles. The van der Waals surface area contributed by atoms with E-state index in [1.54, 1.807) is 18.2 Å². The number of carbonyl (C=O) groups is 1. The van der Waals surface area contributed by atoms with E-state index in [4.69, 9.17) is 4.74 Å². The highest BCUT2D eigenvalue weighted by molar-refractivity contribution is 5.97. The van der Waals surface area contributed by atoms with Gasteiger partial charge >= 0.3 is 5.97 Å². The first-order valence-electron chi connectivity index (χ1n) is 6.88. The summed E-state index contributed by atoms with van der Waals surface area (Å²) in [4.78, 5) is 27.1. The molecule has 114 valence electrons. The Morgan fingerprint density at radius 3 is 2.65 bits per heavy atom. The van der Waals surface area contributed by atoms with Gasteiger partial charge in [0, 0.05) is 17.1 Å². The predicted molar refractivity (Wildman–Crippen MR) is 84.5 cm³/mol. The van der Waals surface area contributed by atoms with Crippen molar-refractivity contribution in [3.8, 4) is 5.75 Å². The maximum atomic E-state index is 12.3. The van der Waals surface area contributed by atoms with Crippen molar-refractivity contribution in [1.82, 2.24) is 4.98 Å². The summed E-state index contributed by atoms with van der Waals surface area (Å²) in [7, 11) is 0. The second-order valence-corrected chi connectivity index (χ2v) is 4.94. The minimum atomic E-state index is -0.784. The zero-order valence-electron chi connectivity index (χ0n) is 12.2. The fraction of sp³-hybridized carbons (Fsp3) is 0.0588. The molecular formula is C17H12N2O4. The van der Waals surface area contributed by atoms with Gasteiger partial charge in [-0.15, -0.1) is 0 Å². The maximum Gasteiger partial charge on any atom is 0.350 e. The first kappa shape index (κ1) is 14.6. The number of rotatable bonds is 3. The van der Waals surface area contributed by atoms with Crippen molar-refractivity contribution in [2.45, 2.75) is 6.92 Å². The van der Waals surface area contributed by atoms with Crippen molar-refractivity contribution in [2.75, 3.05) is 0 Å². The van der Waals surface area contributed by atoms with E-state index >= 15 is 0 Å². The monoisotopic (exact) mass is 308 g/mol. The van der Waals surface area contributed by atoms with Crippen molar-refractivity contribution >= 4 is 22.6 Å². The molecule has 0 aliphatic carbocycles. The van der Waals surface area contributed by atoms with E-state index in [0.29, 0.717) is 5.52 Å². The zero-order valence-corrected chi connectivity index (χ0v) is 12.2. The number of carbonyl (C=O) groups excluding carboxylic acids is 1. The van der Waals surface area contributed by atoms with Crippen molar-refractivity contribution < 1.29 is 14.5 Å². The van der Waals surface area contributed by atoms with Crippen LogP contribution in [0.2, 0.25) is 0 Å². The number of benzene rings is 2. The van der Waals surface area contributed by atoms with Gasteiger partial charge in [-0.2, -0.15) is 0 Å². The molecule has 0 amide bonds. The number of hydrogen-bond acceptors (Lipinski definition) is 5. The average Bonchev–Trinajstić information content (AvgIpc) is 2.55. The highest BCUT2D eigenvalue weighted by Crippen LogP contribution is 2.26. The van der Waals surface area contributed by atoms with Crippen molar-refractivity contribution in [3.05, 3.63) is 76.0 Å². The van der Waals surface area contributed by atoms with Crippen LogP contribution in [0.25, 0.3) is 10.9 Å². The highest BCUT2D eigenvalue weighted by atomic mass is 16.6. The maximum absolute atomic E-state index is 12.3. The van der Waals surface area contributed by atoms with Crippen LogP contribution in [0.4, 0.5) is 5.69 Å². The van der Waals surface area contributed by atoms with Gasteiger partial charge < -0.3 is 4.74 Å². The Balaban J connectivity index is 2.01. The Bertz CT molecular complexity index is 921. The molecule has 0 unspecified atom stereocenters. The number of ether oxygens (including phenoxy) is 1. The zero-order chi connectivity index (χ0) is 16.4. The number of aryl methyl sites for hydroxylation is 1. The standard InChI is InChI=1S/C17H12N2O4/c1-11-9-10-12-5-4-8-15(16(12)18-11)23-17(20)13-6-2-3-7-14(13)19(21)22/h2-10H,1H3. The summed E-state index contributed by atoms with van der Waals surface area (Å²) in [5.41, 5.74) is 0.940. The van der Waals surface area contributed by atoms with E-state index in [1.807, 2.05) is 25.1 Å². The number of pyridine rings is 1. The van der Waals surface area contributed by atoms with Crippen molar-refractivity contribution in [3.63, 3.8) is 0 Å². The summed E-state index contributed by atoms with van der Waals surface area (Å²) in [6.07, 6.45) is 0. The van der Waals surface area contributed by atoms with Gasteiger partial charge in [0.15, 0.2) is 5.75 Å². The molecule has 0 bridgehead atoms. The molecule has 3 rings (SSSR count). The number of hydrogen-bond donors (Lipinski definition) is 0. The van der Waals surface area contributed by atoms with E-state index in [1.165, 1.54) is 18.2 Å². The number of fused-ring (bicyclic) bond motifs is 1. The molecule has 0 aliphatic rings. The minimum Gasteiger partial charge on any atom is -0.420 e. The lowest BCUT2D eigenvalue weighted by Crippen LogP contribution is -2.11. The summed E-state index contributed by atoms with van der Waals surface area (Å²) >= 11 is 0. The second kappa shape index (κ2) is 5.84. The molecule has 3 aromatic rings. The van der Waals surface area contributed by atoms with E-state index in [2.05, 4.69) is 4.98 Å². The Kier molecular flexibility index (Phi) is 3.72. The molecule has 0 N–H and O–H groups in total. The van der Waals surface area contributed by atoms with Gasteiger partial charge in [0.1, 0.15) is 11.1 Å². The van der Waals surface area contributed by atoms with Crippen LogP contribution in [0.15, 0.2) is 54.6 Å². The summed E-state index contributed by atoms with van der Waals surface area (Å²) in [6, 6.07) is 14.6. The van der Waals surface area contributed by atoms with E-state index in [0.717, 1.165) is 11.1 Å². The SMILES string of the molecule is Cc1ccc2cccc(OC(=O)c3ccccc3[N+](=O)[O-])c2n1. The summed E-state index contributed by atoms with van der Waals surface area (Å²) < 4.78 is 5.35. The molecule has 0 spiro atoms. The van der Waals surface area contributed by atoms with Crippen LogP contribution >= 0.6 is 0 Å². The molecule has 0 saturated carbocycles. The Labute approximate surface area is 131 Å². The number of para-hydroxylation sites is 2. The Morgan fingerprint density at radius 1 is 1.09 bits per heavy atom. The van der Waals surface area contributed by atoms with Gasteiger partial charge in [0.05, 0.1) is 4.92 Å². The number of nitro benzene ring substituents is 1. The van der Waals surface area contributed by atoms with Crippen molar-refractivity contribution in [1.29, 1.82) is 0 Å². The molecular weight excluding hydrogens is 296 g/mol. The van der Waals surface area contributed by atoms with Crippen molar-refractivity contribution in [2.24, 2.45) is 0 Å². The second-order valence-electron chi connectivity index (χ2n) is 4.94. The quantitative estimate of drug-likeness (QED) is 0.319. The normalized spacial score (nSPS) is 10.5. The highest BCUT2D eigenvalue weighted by Gasteiger charge is 2.21. The first-order valence-corrected chi connectivity index (χ1v) is 6.88. The largest absolute Gasteiger partial charge is 0.420 e. The van der Waals surface area contributed by atoms with Gasteiger partial charge in [0.2, 0.25) is 0 Å². The number of esters is 1. The lowest BCUT2D eigenvalue weighted by molar-refractivity contribution is -0.385. The first-order chi connectivity index (χ1) is 11.1. The Hall–Kier alpha value is -3.28. The van der Waals surface area contributed by atoms with Crippen LogP contribution in [0.5, 0.6) is 5.75 Å². The summed E-state index contributed by atoms with van der Waals surface area (Å²) in [5.74, 6) is -0.512. The molecule has 6 nitrogen and oxygen atoms in total. The molecule has 6 heteroatoms. The average molecular weight is 308 g/mol. The molecule has 23 heavy (non-hydrogen) atoms. The van der Waals surface area contributed by atoms with Crippen LogP contribution in [-0.4, -0.2) is 15.9 Å². The lowest BCUT2D eigenvalue weighted by atomic mass is 10.1. The molecule has 1 aromatic heterocycles. The van der Waals surface area contributed by atoms with Gasteiger partial charge in [-0.3, -0.25) is 10.1 Å². The number of aromatic nitrogens is 1. The van der Waals surface area contributed by atoms with Gasteiger partial charge in [-0.05, 0) is 25.1 Å². The summed E-state index contributed by atoms with van der Waals surface area (Å²) in [5, 5.41) is 11.8. The van der Waals surface area contributed by atoms with E-state index in [-0.39, 0.29) is 17.0 Å². The fourth-order valence-electron chi connectivity index (χ4n) is 2.26. The van der Waals surface area contributed by atoms with Gasteiger partial charge in [-0.1, -0.05) is 30.3 Å². The Morgan fingerprint density at radius 2 is 1.87 bits per heavy atom. The van der Waals surface area contributed by atoms with Crippen LogP contribution in [-0.2, 0) is 0 Å². The number of nitrogens with zero attached hydrogens (tertiary/aromatic N) is 2. The smallest absolute Gasteiger partial charge is 0.350 e. The lowest BCUT2D eigenvalue weighted by Gasteiger charge is -2.08. The van der Waals surface area contributed by atoms with Crippen LogP contribution in [0.3, 0.4) is 0 Å². The molecule has 0 aliphatic heterocycles. The molecule has 0 fully saturated rings. The molecule has 2 aromatic carbocycles. The minimum absolute atomic E-state index is 0.0952.